The first-order chi connectivity index (χ1) is 16.6. The third kappa shape index (κ3) is 4.93. The van der Waals surface area contributed by atoms with Gasteiger partial charge in [0.2, 0.25) is 0 Å². The molecule has 1 aliphatic heterocycles. The second-order valence-corrected chi connectivity index (χ2v) is 9.14. The highest BCUT2D eigenvalue weighted by molar-refractivity contribution is 6.08. The first kappa shape index (κ1) is 24.8. The Morgan fingerprint density at radius 3 is 2.69 bits per heavy atom. The SMILES string of the molecule is C=C(/C(F)=C(F)\C=C(/C)F)[C@H]1C[C@H](F)CN1C(=O)c1[nH]nc2ncnc(N[C@@H]3C[C@@H](C)C[C@H]3O)c12. The summed E-state index contributed by atoms with van der Waals surface area (Å²) in [6, 6.07) is -1.50. The van der Waals surface area contributed by atoms with Crippen LogP contribution in [0.3, 0.4) is 0 Å². The number of aliphatic hydroxyl groups excluding tert-OH is 1. The van der Waals surface area contributed by atoms with E-state index in [-0.39, 0.29) is 41.6 Å². The van der Waals surface area contributed by atoms with Crippen molar-refractivity contribution in [3.63, 3.8) is 0 Å². The highest BCUT2D eigenvalue weighted by Crippen LogP contribution is 2.35. The van der Waals surface area contributed by atoms with Crippen molar-refractivity contribution in [2.75, 3.05) is 11.9 Å². The Bertz CT molecular complexity index is 1210. The van der Waals surface area contributed by atoms with Crippen LogP contribution in [0.1, 0.15) is 43.6 Å². The maximum absolute atomic E-state index is 14.6. The first-order valence-corrected chi connectivity index (χ1v) is 11.2. The van der Waals surface area contributed by atoms with Gasteiger partial charge < -0.3 is 15.3 Å². The normalized spacial score (nSPS) is 27.9. The van der Waals surface area contributed by atoms with Gasteiger partial charge in [0, 0.05) is 18.1 Å². The van der Waals surface area contributed by atoms with Crippen molar-refractivity contribution in [3.05, 3.63) is 47.7 Å². The quantitative estimate of drug-likeness (QED) is 0.413. The maximum Gasteiger partial charge on any atom is 0.273 e. The number of amides is 1. The molecule has 35 heavy (non-hydrogen) atoms. The molecule has 188 valence electrons. The highest BCUT2D eigenvalue weighted by Gasteiger charge is 2.40. The zero-order chi connectivity index (χ0) is 25.4. The van der Waals surface area contributed by atoms with Gasteiger partial charge in [-0.05, 0) is 25.7 Å². The number of nitrogens with one attached hydrogen (secondary N) is 2. The van der Waals surface area contributed by atoms with Gasteiger partial charge in [-0.15, -0.1) is 0 Å². The number of halogens is 4. The molecule has 4 rings (SSSR count). The van der Waals surface area contributed by atoms with E-state index in [1.807, 2.05) is 6.92 Å². The molecule has 3 N–H and O–H groups in total. The molecule has 1 aliphatic carbocycles. The van der Waals surface area contributed by atoms with Gasteiger partial charge in [0.1, 0.15) is 24.0 Å². The predicted molar refractivity (Wildman–Crippen MR) is 121 cm³/mol. The summed E-state index contributed by atoms with van der Waals surface area (Å²) in [7, 11) is 0. The lowest BCUT2D eigenvalue weighted by Gasteiger charge is -2.25. The second-order valence-electron chi connectivity index (χ2n) is 9.14. The third-order valence-corrected chi connectivity index (χ3v) is 6.38. The van der Waals surface area contributed by atoms with E-state index in [2.05, 4.69) is 32.1 Å². The molecule has 12 heteroatoms. The lowest BCUT2D eigenvalue weighted by molar-refractivity contribution is 0.0743. The molecule has 2 aromatic rings. The average molecular weight is 494 g/mol. The zero-order valence-corrected chi connectivity index (χ0v) is 19.2. The van der Waals surface area contributed by atoms with Crippen molar-refractivity contribution in [2.24, 2.45) is 5.92 Å². The number of carbonyl (C=O) groups is 1. The molecule has 8 nitrogen and oxygen atoms in total. The summed E-state index contributed by atoms with van der Waals surface area (Å²) < 4.78 is 56.0. The Kier molecular flexibility index (Phi) is 6.93. The fourth-order valence-electron chi connectivity index (χ4n) is 4.74. The van der Waals surface area contributed by atoms with Crippen molar-refractivity contribution in [3.8, 4) is 0 Å². The van der Waals surface area contributed by atoms with Gasteiger partial charge in [-0.3, -0.25) is 9.89 Å². The van der Waals surface area contributed by atoms with Gasteiger partial charge in [0.05, 0.1) is 35.9 Å². The average Bonchev–Trinajstić information content (AvgIpc) is 3.48. The summed E-state index contributed by atoms with van der Waals surface area (Å²) in [5, 5.41) is 20.3. The van der Waals surface area contributed by atoms with Crippen LogP contribution in [-0.4, -0.2) is 67.0 Å². The van der Waals surface area contributed by atoms with Crippen LogP contribution < -0.4 is 5.32 Å². The Labute approximate surface area is 198 Å². The van der Waals surface area contributed by atoms with Crippen LogP contribution in [0.15, 0.2) is 42.0 Å². The summed E-state index contributed by atoms with van der Waals surface area (Å²) in [4.78, 5) is 22.8. The van der Waals surface area contributed by atoms with E-state index in [0.717, 1.165) is 11.8 Å². The van der Waals surface area contributed by atoms with Gasteiger partial charge >= 0.3 is 0 Å². The minimum Gasteiger partial charge on any atom is -0.391 e. The molecule has 1 saturated carbocycles. The number of likely N-dealkylation sites (tertiary alicyclic amines) is 1. The number of rotatable bonds is 6. The van der Waals surface area contributed by atoms with Crippen molar-refractivity contribution in [1.29, 1.82) is 0 Å². The van der Waals surface area contributed by atoms with E-state index in [9.17, 15) is 27.5 Å². The lowest BCUT2D eigenvalue weighted by atomic mass is 10.0. The van der Waals surface area contributed by atoms with Crippen LogP contribution in [0, 0.1) is 5.92 Å². The molecular formula is C23H26F4N6O2. The van der Waals surface area contributed by atoms with E-state index >= 15 is 0 Å². The topological polar surface area (TPSA) is 107 Å². The van der Waals surface area contributed by atoms with Crippen molar-refractivity contribution < 1.29 is 27.5 Å². The van der Waals surface area contributed by atoms with Crippen LogP contribution in [-0.2, 0) is 0 Å². The van der Waals surface area contributed by atoms with Crippen molar-refractivity contribution >= 4 is 22.8 Å². The molecule has 0 aromatic carbocycles. The molecule has 5 atom stereocenters. The summed E-state index contributed by atoms with van der Waals surface area (Å²) >= 11 is 0. The molecule has 2 aromatic heterocycles. The number of fused-ring (bicyclic) bond motifs is 1. The van der Waals surface area contributed by atoms with E-state index in [1.54, 1.807) is 0 Å². The zero-order valence-electron chi connectivity index (χ0n) is 19.2. The summed E-state index contributed by atoms with van der Waals surface area (Å²) in [5.74, 6) is -4.09. The Morgan fingerprint density at radius 2 is 2.03 bits per heavy atom. The number of alkyl halides is 1. The molecule has 2 fully saturated rings. The number of anilines is 1. The van der Waals surface area contributed by atoms with E-state index in [0.29, 0.717) is 24.8 Å². The number of allylic oxidation sites excluding steroid dienone is 3. The fraction of sp³-hybridized carbons (Fsp3) is 0.478. The molecule has 2 aliphatic rings. The number of H-pyrrole nitrogens is 1. The first-order valence-electron chi connectivity index (χ1n) is 11.2. The largest absolute Gasteiger partial charge is 0.391 e. The molecule has 1 amide bonds. The smallest absolute Gasteiger partial charge is 0.273 e. The number of aromatic amines is 1. The molecule has 3 heterocycles. The fourth-order valence-corrected chi connectivity index (χ4v) is 4.74. The minimum absolute atomic E-state index is 0.0695. The van der Waals surface area contributed by atoms with Gasteiger partial charge in [-0.1, -0.05) is 13.5 Å². The van der Waals surface area contributed by atoms with Crippen LogP contribution in [0.2, 0.25) is 0 Å². The monoisotopic (exact) mass is 494 g/mol. The van der Waals surface area contributed by atoms with Crippen molar-refractivity contribution in [2.45, 2.75) is 57.5 Å². The number of aromatic nitrogens is 4. The lowest BCUT2D eigenvalue weighted by Crippen LogP contribution is -2.37. The van der Waals surface area contributed by atoms with Gasteiger partial charge in [0.25, 0.3) is 5.91 Å². The van der Waals surface area contributed by atoms with Crippen LogP contribution >= 0.6 is 0 Å². The Balaban J connectivity index is 1.66. The molecule has 1 saturated heterocycles. The van der Waals surface area contributed by atoms with E-state index < -0.39 is 47.3 Å². The summed E-state index contributed by atoms with van der Waals surface area (Å²) in [6.07, 6.45) is 0.500. The molecular weight excluding hydrogens is 468 g/mol. The van der Waals surface area contributed by atoms with Crippen molar-refractivity contribution in [1.82, 2.24) is 25.1 Å². The van der Waals surface area contributed by atoms with Gasteiger partial charge in [-0.25, -0.2) is 27.5 Å². The molecule has 0 radical (unpaired) electrons. The number of hydrogen-bond acceptors (Lipinski definition) is 6. The van der Waals surface area contributed by atoms with Gasteiger partial charge in [0.15, 0.2) is 17.3 Å². The highest BCUT2D eigenvalue weighted by atomic mass is 19.2. The number of aliphatic hydroxyl groups is 1. The van der Waals surface area contributed by atoms with E-state index in [1.165, 1.54) is 6.33 Å². The van der Waals surface area contributed by atoms with Gasteiger partial charge in [-0.2, -0.15) is 5.10 Å². The summed E-state index contributed by atoms with van der Waals surface area (Å²) in [5.41, 5.74) is -0.381. The van der Waals surface area contributed by atoms with Crippen LogP contribution in [0.4, 0.5) is 23.4 Å². The molecule has 0 spiro atoms. The van der Waals surface area contributed by atoms with E-state index in [4.69, 9.17) is 0 Å². The number of carbonyl (C=O) groups excluding carboxylic acids is 1. The number of hydrogen-bond donors (Lipinski definition) is 3. The maximum atomic E-state index is 14.6. The standard InChI is InChI=1S/C23H26F4N6O2/c1-10-4-15(17(34)5-10)30-21-18-20(31-32-22(18)29-9-28-21)23(35)33-8-13(25)7-16(33)12(3)19(27)14(26)6-11(2)24/h6,9-10,13,15-17,34H,3-5,7-8H2,1-2H3,(H2,28,29,30,31,32)/b11-6+,19-14-/t10-,13+,15-,16-,17-/m1/s1. The predicted octanol–water partition coefficient (Wildman–Crippen LogP) is 4.06. The van der Waals surface area contributed by atoms with Crippen LogP contribution in [0.25, 0.3) is 11.0 Å². The third-order valence-electron chi connectivity index (χ3n) is 6.38. The molecule has 0 bridgehead atoms. The van der Waals surface area contributed by atoms with Crippen LogP contribution in [0.5, 0.6) is 0 Å². The minimum atomic E-state index is -1.51. The number of nitrogens with zero attached hydrogens (tertiary/aromatic N) is 4. The Morgan fingerprint density at radius 1 is 1.29 bits per heavy atom. The second kappa shape index (κ2) is 9.76. The Hall–Kier alpha value is -3.28. The summed E-state index contributed by atoms with van der Waals surface area (Å²) in [6.45, 7) is 6.08. The molecule has 0 unspecified atom stereocenters.